The average Bonchev–Trinajstić information content (AvgIpc) is 3.13. The molecule has 228 valence electrons. The van der Waals surface area contributed by atoms with E-state index in [1.165, 1.54) is 86.7 Å². The molecule has 7 aromatic rings. The second kappa shape index (κ2) is 12.8. The van der Waals surface area contributed by atoms with E-state index in [-0.39, 0.29) is 0 Å². The van der Waals surface area contributed by atoms with Crippen LogP contribution in [0.2, 0.25) is 0 Å². The Labute approximate surface area is 278 Å². The van der Waals surface area contributed by atoms with Crippen molar-refractivity contribution in [2.24, 2.45) is 0 Å². The highest BCUT2D eigenvalue weighted by molar-refractivity contribution is 6.25. The largest absolute Gasteiger partial charge is 0.310 e. The van der Waals surface area contributed by atoms with Crippen LogP contribution >= 0.6 is 0 Å². The second-order valence-electron chi connectivity index (χ2n) is 12.9. The summed E-state index contributed by atoms with van der Waals surface area (Å²) in [5.74, 6) is 0. The number of hydrogen-bond donors (Lipinski definition) is 0. The summed E-state index contributed by atoms with van der Waals surface area (Å²) in [6, 6.07) is 51.2. The van der Waals surface area contributed by atoms with Gasteiger partial charge in [-0.3, -0.25) is 0 Å². The quantitative estimate of drug-likeness (QED) is 0.135. The second-order valence-corrected chi connectivity index (χ2v) is 12.9. The molecule has 1 aliphatic rings. The van der Waals surface area contributed by atoms with Crippen molar-refractivity contribution in [3.05, 3.63) is 167 Å². The molecule has 0 aliphatic heterocycles. The van der Waals surface area contributed by atoms with Crippen LogP contribution in [-0.2, 0) is 0 Å². The van der Waals surface area contributed by atoms with E-state index in [9.17, 15) is 0 Å². The fourth-order valence-corrected chi connectivity index (χ4v) is 7.19. The van der Waals surface area contributed by atoms with Crippen LogP contribution in [0.3, 0.4) is 0 Å². The number of benzene rings is 7. The molecule has 0 aromatic heterocycles. The van der Waals surface area contributed by atoms with Gasteiger partial charge < -0.3 is 4.90 Å². The van der Waals surface area contributed by atoms with Gasteiger partial charge in [0.15, 0.2) is 0 Å². The lowest BCUT2D eigenvalue weighted by Crippen LogP contribution is -2.10. The molecule has 1 nitrogen and oxygen atoms in total. The summed E-state index contributed by atoms with van der Waals surface area (Å²) in [5.41, 5.74) is 10.00. The van der Waals surface area contributed by atoms with E-state index in [0.717, 1.165) is 17.1 Å². The topological polar surface area (TPSA) is 3.24 Å². The number of hydrogen-bond acceptors (Lipinski definition) is 1. The number of anilines is 3. The fourth-order valence-electron chi connectivity index (χ4n) is 7.19. The molecule has 0 heterocycles. The van der Waals surface area contributed by atoms with Crippen molar-refractivity contribution < 1.29 is 0 Å². The van der Waals surface area contributed by atoms with Crippen LogP contribution in [0.25, 0.3) is 50.5 Å². The normalized spacial score (nSPS) is 13.5. The standard InChI is InChI=1S/C46H39N/c1-33-15-25-38(26-16-33)47(40-29-30-45-43-13-6-5-11-41(43)42-12-7-8-14-44(42)46(45)32-40)39-27-23-35(24-28-39)18-17-34-19-21-37(22-20-34)31-36-9-3-2-4-10-36/h5-8,11-32H,2-4,9-10H2,1H3. The molecule has 1 fully saturated rings. The summed E-state index contributed by atoms with van der Waals surface area (Å²) < 4.78 is 0. The van der Waals surface area contributed by atoms with E-state index in [4.69, 9.17) is 0 Å². The number of allylic oxidation sites excluding steroid dienone is 1. The van der Waals surface area contributed by atoms with Crippen molar-refractivity contribution in [1.29, 1.82) is 0 Å². The highest BCUT2D eigenvalue weighted by Crippen LogP contribution is 2.40. The summed E-state index contributed by atoms with van der Waals surface area (Å²) in [4.78, 5) is 2.37. The van der Waals surface area contributed by atoms with E-state index in [1.807, 2.05) is 0 Å². The van der Waals surface area contributed by atoms with Crippen LogP contribution in [0.4, 0.5) is 17.1 Å². The molecule has 0 N–H and O–H groups in total. The van der Waals surface area contributed by atoms with Crippen LogP contribution < -0.4 is 4.90 Å². The van der Waals surface area contributed by atoms with Gasteiger partial charge in [0.25, 0.3) is 0 Å². The predicted octanol–water partition coefficient (Wildman–Crippen LogP) is 13.4. The maximum absolute atomic E-state index is 2.39. The Kier molecular flexibility index (Phi) is 7.89. The lowest BCUT2D eigenvalue weighted by atomic mass is 9.93. The van der Waals surface area contributed by atoms with Gasteiger partial charge in [-0.2, -0.15) is 0 Å². The molecule has 47 heavy (non-hydrogen) atoms. The monoisotopic (exact) mass is 605 g/mol. The molecule has 0 radical (unpaired) electrons. The first-order chi connectivity index (χ1) is 23.2. The summed E-state index contributed by atoms with van der Waals surface area (Å²) in [5, 5.41) is 7.73. The zero-order chi connectivity index (χ0) is 31.6. The van der Waals surface area contributed by atoms with Crippen molar-refractivity contribution in [1.82, 2.24) is 0 Å². The zero-order valence-corrected chi connectivity index (χ0v) is 27.0. The molecule has 1 aliphatic carbocycles. The third-order valence-corrected chi connectivity index (χ3v) is 9.70. The third kappa shape index (κ3) is 5.98. The number of aryl methyl sites for hydroxylation is 1. The summed E-state index contributed by atoms with van der Waals surface area (Å²) >= 11 is 0. The molecule has 0 unspecified atom stereocenters. The van der Waals surface area contributed by atoms with Gasteiger partial charge in [0.2, 0.25) is 0 Å². The van der Waals surface area contributed by atoms with Gasteiger partial charge in [0.1, 0.15) is 0 Å². The van der Waals surface area contributed by atoms with Crippen molar-refractivity contribution in [3.8, 4) is 0 Å². The maximum atomic E-state index is 2.39. The molecule has 1 saturated carbocycles. The van der Waals surface area contributed by atoms with Crippen LogP contribution in [0.15, 0.2) is 145 Å². The first-order valence-electron chi connectivity index (χ1n) is 17.0. The molecule has 0 atom stereocenters. The summed E-state index contributed by atoms with van der Waals surface area (Å²) in [6.07, 6.45) is 13.4. The van der Waals surface area contributed by atoms with Crippen molar-refractivity contribution in [2.75, 3.05) is 4.90 Å². The van der Waals surface area contributed by atoms with Crippen LogP contribution in [0.5, 0.6) is 0 Å². The molecule has 0 bridgehead atoms. The SMILES string of the molecule is Cc1ccc(N(c2ccc(C=Cc3ccc(C=C4CCCCC4)cc3)cc2)c2ccc3c4ccccc4c4ccccc4c3c2)cc1. The minimum absolute atomic E-state index is 1.13. The highest BCUT2D eigenvalue weighted by atomic mass is 15.1. The Morgan fingerprint density at radius 2 is 0.872 bits per heavy atom. The van der Waals surface area contributed by atoms with E-state index < -0.39 is 0 Å². The Morgan fingerprint density at radius 3 is 1.45 bits per heavy atom. The summed E-state index contributed by atoms with van der Waals surface area (Å²) in [6.45, 7) is 2.14. The van der Waals surface area contributed by atoms with E-state index in [2.05, 4.69) is 170 Å². The first kappa shape index (κ1) is 29.0. The lowest BCUT2D eigenvalue weighted by Gasteiger charge is -2.26. The van der Waals surface area contributed by atoms with Gasteiger partial charge in [-0.05, 0) is 118 Å². The molecule has 7 aromatic carbocycles. The number of fused-ring (bicyclic) bond motifs is 6. The molecular formula is C46H39N. The van der Waals surface area contributed by atoms with E-state index in [0.29, 0.717) is 0 Å². The van der Waals surface area contributed by atoms with Gasteiger partial charge in [-0.25, -0.2) is 0 Å². The van der Waals surface area contributed by atoms with Gasteiger partial charge in [-0.1, -0.05) is 139 Å². The third-order valence-electron chi connectivity index (χ3n) is 9.70. The van der Waals surface area contributed by atoms with E-state index >= 15 is 0 Å². The molecule has 1 heteroatoms. The lowest BCUT2D eigenvalue weighted by molar-refractivity contribution is 0.602. The zero-order valence-electron chi connectivity index (χ0n) is 27.0. The first-order valence-corrected chi connectivity index (χ1v) is 17.0. The Bertz CT molecular complexity index is 2210. The van der Waals surface area contributed by atoms with Gasteiger partial charge in [0.05, 0.1) is 0 Å². The Balaban J connectivity index is 1.13. The average molecular weight is 606 g/mol. The molecule has 0 saturated heterocycles. The maximum Gasteiger partial charge on any atom is 0.0468 e. The fraction of sp³-hybridized carbons (Fsp3) is 0.130. The molecule has 0 amide bonds. The Morgan fingerprint density at radius 1 is 0.426 bits per heavy atom. The van der Waals surface area contributed by atoms with Crippen LogP contribution in [0.1, 0.15) is 54.4 Å². The van der Waals surface area contributed by atoms with Gasteiger partial charge in [-0.15, -0.1) is 0 Å². The van der Waals surface area contributed by atoms with Crippen LogP contribution in [0, 0.1) is 6.92 Å². The van der Waals surface area contributed by atoms with Gasteiger partial charge >= 0.3 is 0 Å². The van der Waals surface area contributed by atoms with Crippen molar-refractivity contribution in [3.63, 3.8) is 0 Å². The van der Waals surface area contributed by atoms with Crippen molar-refractivity contribution in [2.45, 2.75) is 39.0 Å². The smallest absolute Gasteiger partial charge is 0.0468 e. The highest BCUT2D eigenvalue weighted by Gasteiger charge is 2.15. The molecule has 8 rings (SSSR count). The van der Waals surface area contributed by atoms with Gasteiger partial charge in [0, 0.05) is 17.1 Å². The number of nitrogens with zero attached hydrogens (tertiary/aromatic N) is 1. The minimum Gasteiger partial charge on any atom is -0.310 e. The minimum atomic E-state index is 1.13. The summed E-state index contributed by atoms with van der Waals surface area (Å²) in [7, 11) is 0. The van der Waals surface area contributed by atoms with Crippen LogP contribution in [-0.4, -0.2) is 0 Å². The van der Waals surface area contributed by atoms with E-state index in [1.54, 1.807) is 5.57 Å². The van der Waals surface area contributed by atoms with Crippen molar-refractivity contribution >= 4 is 67.6 Å². The predicted molar refractivity (Wildman–Crippen MR) is 205 cm³/mol. The number of rotatable bonds is 6. The molecular weight excluding hydrogens is 567 g/mol. The molecule has 0 spiro atoms. The Hall–Kier alpha value is -5.40.